The highest BCUT2D eigenvalue weighted by Crippen LogP contribution is 2.24. The van der Waals surface area contributed by atoms with E-state index in [1.165, 1.54) is 0 Å². The summed E-state index contributed by atoms with van der Waals surface area (Å²) < 4.78 is 5.85. The molecular weight excluding hydrogens is 456 g/mol. The fourth-order valence-electron chi connectivity index (χ4n) is 2.77. The number of nitrogens with one attached hydrogen (secondary N) is 4. The topological polar surface area (TPSA) is 91.5 Å². The van der Waals surface area contributed by atoms with Crippen molar-refractivity contribution in [3.63, 3.8) is 0 Å². The minimum atomic E-state index is -0.112. The zero-order valence-electron chi connectivity index (χ0n) is 19.2. The fourth-order valence-corrected chi connectivity index (χ4v) is 3.23. The van der Waals surface area contributed by atoms with Crippen LogP contribution in [0.1, 0.15) is 40.5 Å². The van der Waals surface area contributed by atoms with Crippen LogP contribution in [-0.4, -0.2) is 22.0 Å². The van der Waals surface area contributed by atoms with Crippen molar-refractivity contribution in [3.8, 4) is 11.5 Å². The summed E-state index contributed by atoms with van der Waals surface area (Å²) in [5, 5.41) is 11.8. The first kappa shape index (κ1) is 26.2. The summed E-state index contributed by atoms with van der Waals surface area (Å²) in [4.78, 5) is 23.6. The van der Waals surface area contributed by atoms with Gasteiger partial charge in [0.25, 0.3) is 0 Å². The Morgan fingerprint density at radius 2 is 1.03 bits per heavy atom. The molecule has 0 radical (unpaired) electrons. The van der Waals surface area contributed by atoms with Crippen LogP contribution in [0.2, 0.25) is 0 Å². The fraction of sp³-hybridized carbons (Fsp3) is 0.333. The summed E-state index contributed by atoms with van der Waals surface area (Å²) in [5.41, 5.74) is 1.48. The van der Waals surface area contributed by atoms with E-state index in [4.69, 9.17) is 29.2 Å². The minimum absolute atomic E-state index is 0.112. The maximum atomic E-state index is 11.8. The third-order valence-electron chi connectivity index (χ3n) is 4.15. The molecule has 0 aromatic heterocycles. The number of carbonyl (C=O) groups excluding carboxylic acids is 2. The van der Waals surface area contributed by atoms with Crippen molar-refractivity contribution < 1.29 is 14.3 Å². The van der Waals surface area contributed by atoms with Crippen LogP contribution in [0.5, 0.6) is 11.5 Å². The van der Waals surface area contributed by atoms with Gasteiger partial charge in [-0.3, -0.25) is 9.59 Å². The molecule has 2 rings (SSSR count). The summed E-state index contributed by atoms with van der Waals surface area (Å²) in [6.07, 6.45) is 0.836. The largest absolute Gasteiger partial charge is 0.457 e. The van der Waals surface area contributed by atoms with Crippen LogP contribution in [0, 0.1) is 11.8 Å². The number of rotatable bonds is 8. The second-order valence-corrected chi connectivity index (χ2v) is 9.17. The Morgan fingerprint density at radius 1 is 0.697 bits per heavy atom. The van der Waals surface area contributed by atoms with Crippen LogP contribution in [0.15, 0.2) is 48.5 Å². The van der Waals surface area contributed by atoms with Crippen molar-refractivity contribution in [1.82, 2.24) is 10.6 Å². The highest BCUT2D eigenvalue weighted by molar-refractivity contribution is 7.80. The zero-order chi connectivity index (χ0) is 24.4. The summed E-state index contributed by atoms with van der Waals surface area (Å²) in [6, 6.07) is 14.4. The van der Waals surface area contributed by atoms with Gasteiger partial charge in [-0.15, -0.1) is 0 Å². The van der Waals surface area contributed by atoms with Gasteiger partial charge in [0, 0.05) is 24.2 Å². The molecule has 0 heterocycles. The third kappa shape index (κ3) is 10.4. The van der Waals surface area contributed by atoms with E-state index in [-0.39, 0.29) is 33.9 Å². The van der Waals surface area contributed by atoms with Gasteiger partial charge in [-0.2, -0.15) is 0 Å². The average molecular weight is 487 g/mol. The molecule has 9 heteroatoms. The van der Waals surface area contributed by atoms with Crippen molar-refractivity contribution in [1.29, 1.82) is 0 Å². The number of amides is 2. The monoisotopic (exact) mass is 486 g/mol. The lowest BCUT2D eigenvalue weighted by atomic mass is 10.1. The van der Waals surface area contributed by atoms with Gasteiger partial charge in [-0.05, 0) is 84.8 Å². The number of hydrogen-bond acceptors (Lipinski definition) is 5. The Kier molecular flexibility index (Phi) is 10.2. The van der Waals surface area contributed by atoms with E-state index in [1.807, 2.05) is 52.0 Å². The molecule has 4 N–H and O–H groups in total. The van der Waals surface area contributed by atoms with Crippen LogP contribution in [0.25, 0.3) is 0 Å². The number of carbonyl (C=O) groups is 2. The number of benzene rings is 2. The SMILES string of the molecule is CC(C)CC(=O)NC(=S)Nc1ccc(Oc2ccc(NC(=S)NC(=O)CC(C)C)cc2)cc1. The summed E-state index contributed by atoms with van der Waals surface area (Å²) in [5.74, 6) is 1.60. The molecule has 2 amide bonds. The van der Waals surface area contributed by atoms with Crippen LogP contribution in [0.3, 0.4) is 0 Å². The van der Waals surface area contributed by atoms with Gasteiger partial charge in [0.2, 0.25) is 11.8 Å². The van der Waals surface area contributed by atoms with Crippen molar-refractivity contribution in [2.45, 2.75) is 40.5 Å². The van der Waals surface area contributed by atoms with E-state index in [0.717, 1.165) is 11.4 Å². The molecule has 0 atom stereocenters. The lowest BCUT2D eigenvalue weighted by molar-refractivity contribution is -0.121. The van der Waals surface area contributed by atoms with Gasteiger partial charge in [0.05, 0.1) is 0 Å². The molecule has 0 bridgehead atoms. The van der Waals surface area contributed by atoms with E-state index in [0.29, 0.717) is 24.3 Å². The zero-order valence-corrected chi connectivity index (χ0v) is 20.9. The van der Waals surface area contributed by atoms with Gasteiger partial charge in [-0.1, -0.05) is 27.7 Å². The Balaban J connectivity index is 1.83. The highest BCUT2D eigenvalue weighted by Gasteiger charge is 2.09. The molecule has 0 aliphatic carbocycles. The Labute approximate surface area is 205 Å². The average Bonchev–Trinajstić information content (AvgIpc) is 2.69. The Morgan fingerprint density at radius 3 is 1.33 bits per heavy atom. The van der Waals surface area contributed by atoms with Crippen molar-refractivity contribution in [2.75, 3.05) is 10.6 Å². The van der Waals surface area contributed by atoms with E-state index in [2.05, 4.69) is 21.3 Å². The normalized spacial score (nSPS) is 10.5. The molecule has 0 aliphatic rings. The van der Waals surface area contributed by atoms with Crippen LogP contribution in [-0.2, 0) is 9.59 Å². The number of anilines is 2. The number of ether oxygens (including phenoxy) is 1. The van der Waals surface area contributed by atoms with Crippen LogP contribution < -0.4 is 26.0 Å². The van der Waals surface area contributed by atoms with E-state index in [1.54, 1.807) is 24.3 Å². The molecule has 0 saturated carbocycles. The summed E-state index contributed by atoms with van der Waals surface area (Å²) in [7, 11) is 0. The number of hydrogen-bond donors (Lipinski definition) is 4. The highest BCUT2D eigenvalue weighted by atomic mass is 32.1. The maximum absolute atomic E-state index is 11.8. The van der Waals surface area contributed by atoms with Gasteiger partial charge >= 0.3 is 0 Å². The van der Waals surface area contributed by atoms with Crippen molar-refractivity contribution >= 4 is 57.8 Å². The van der Waals surface area contributed by atoms with Gasteiger partial charge in [0.15, 0.2) is 10.2 Å². The molecule has 0 saturated heterocycles. The molecule has 33 heavy (non-hydrogen) atoms. The van der Waals surface area contributed by atoms with E-state index < -0.39 is 0 Å². The van der Waals surface area contributed by atoms with Gasteiger partial charge in [0.1, 0.15) is 11.5 Å². The predicted octanol–water partition coefficient (Wildman–Crippen LogP) is 5.20. The first-order valence-corrected chi connectivity index (χ1v) is 11.5. The lowest BCUT2D eigenvalue weighted by Crippen LogP contribution is -2.34. The van der Waals surface area contributed by atoms with E-state index >= 15 is 0 Å². The van der Waals surface area contributed by atoms with Crippen LogP contribution in [0.4, 0.5) is 11.4 Å². The molecule has 2 aromatic carbocycles. The van der Waals surface area contributed by atoms with Gasteiger partial charge in [-0.25, -0.2) is 0 Å². The first-order chi connectivity index (χ1) is 15.6. The predicted molar refractivity (Wildman–Crippen MR) is 141 cm³/mol. The molecule has 7 nitrogen and oxygen atoms in total. The Hall–Kier alpha value is -3.04. The maximum Gasteiger partial charge on any atom is 0.226 e. The molecule has 0 spiro atoms. The van der Waals surface area contributed by atoms with E-state index in [9.17, 15) is 9.59 Å². The standard InChI is InChI=1S/C24H30N4O3S2/c1-15(2)13-21(29)27-23(32)25-17-5-9-19(10-6-17)31-20-11-7-18(8-12-20)26-24(33)28-22(30)14-16(3)4/h5-12,15-16H,13-14H2,1-4H3,(H2,25,27,29,32)(H2,26,28,30,33). The molecule has 0 aliphatic heterocycles. The second-order valence-electron chi connectivity index (χ2n) is 8.35. The second kappa shape index (κ2) is 12.9. The van der Waals surface area contributed by atoms with Crippen molar-refractivity contribution in [3.05, 3.63) is 48.5 Å². The molecule has 176 valence electrons. The lowest BCUT2D eigenvalue weighted by Gasteiger charge is -2.12. The molecule has 2 aromatic rings. The molecule has 0 fully saturated rings. The van der Waals surface area contributed by atoms with Crippen molar-refractivity contribution in [2.24, 2.45) is 11.8 Å². The number of thiocarbonyl (C=S) groups is 2. The molecular formula is C24H30N4O3S2. The quantitative estimate of drug-likeness (QED) is 0.381. The Bertz CT molecular complexity index is 895. The third-order valence-corrected chi connectivity index (χ3v) is 4.56. The van der Waals surface area contributed by atoms with Gasteiger partial charge < -0.3 is 26.0 Å². The first-order valence-electron chi connectivity index (χ1n) is 10.7. The summed E-state index contributed by atoms with van der Waals surface area (Å²) in [6.45, 7) is 7.90. The van der Waals surface area contributed by atoms with Crippen LogP contribution >= 0.6 is 24.4 Å². The summed E-state index contributed by atoms with van der Waals surface area (Å²) >= 11 is 10.3. The molecule has 0 unspecified atom stereocenters. The minimum Gasteiger partial charge on any atom is -0.457 e. The smallest absolute Gasteiger partial charge is 0.226 e.